The number of nitrogens with zero attached hydrogens (tertiary/aromatic N) is 1. The second-order valence-electron chi connectivity index (χ2n) is 5.72. The fourth-order valence-electron chi connectivity index (χ4n) is 2.11. The molecule has 1 aliphatic rings. The first kappa shape index (κ1) is 14.7. The predicted octanol–water partition coefficient (Wildman–Crippen LogP) is 3.76. The van der Waals surface area contributed by atoms with Crippen molar-refractivity contribution in [1.82, 2.24) is 4.90 Å². The maximum atomic E-state index is 11.9. The topological polar surface area (TPSA) is 20.3 Å². The molecule has 17 heavy (non-hydrogen) atoms. The molecule has 0 radical (unpaired) electrons. The molecule has 2 nitrogen and oxygen atoms in total. The molecule has 1 amide bonds. The molecule has 98 valence electrons. The van der Waals surface area contributed by atoms with E-state index < -0.39 is 0 Å². The molecule has 0 fully saturated rings. The highest BCUT2D eigenvalue weighted by Crippen LogP contribution is 2.30. The Morgan fingerprint density at radius 3 is 2.59 bits per heavy atom. The lowest BCUT2D eigenvalue weighted by Crippen LogP contribution is -2.36. The van der Waals surface area contributed by atoms with E-state index in [1.807, 2.05) is 4.90 Å². The average Bonchev–Trinajstić information content (AvgIpc) is 2.28. The van der Waals surface area contributed by atoms with Gasteiger partial charge in [0.2, 0.25) is 5.91 Å². The molecule has 0 atom stereocenters. The summed E-state index contributed by atoms with van der Waals surface area (Å²) >= 11 is 3.39. The first-order valence-electron chi connectivity index (χ1n) is 6.48. The number of unbranched alkanes of at least 4 members (excludes halogenated alkanes) is 1. The van der Waals surface area contributed by atoms with Gasteiger partial charge in [0, 0.05) is 24.8 Å². The van der Waals surface area contributed by atoms with Crippen LogP contribution >= 0.6 is 15.9 Å². The predicted molar refractivity (Wildman–Crippen MR) is 76.4 cm³/mol. The summed E-state index contributed by atoms with van der Waals surface area (Å²) < 4.78 is 0. The third kappa shape index (κ3) is 4.82. The molecule has 1 heterocycles. The first-order chi connectivity index (χ1) is 7.95. The van der Waals surface area contributed by atoms with Crippen molar-refractivity contribution in [1.29, 1.82) is 0 Å². The van der Waals surface area contributed by atoms with Gasteiger partial charge >= 0.3 is 0 Å². The molecular weight excluding hydrogens is 278 g/mol. The fraction of sp³-hybridized carbons (Fsp3) is 0.786. The minimum atomic E-state index is 0.255. The smallest absolute Gasteiger partial charge is 0.222 e. The Kier molecular flexibility index (Phi) is 5.71. The fourth-order valence-corrected chi connectivity index (χ4v) is 2.50. The number of rotatable bonds is 4. The van der Waals surface area contributed by atoms with Crippen molar-refractivity contribution in [3.05, 3.63) is 11.6 Å². The number of halogens is 1. The third-order valence-corrected chi connectivity index (χ3v) is 3.86. The minimum absolute atomic E-state index is 0.255. The molecule has 0 unspecified atom stereocenters. The van der Waals surface area contributed by atoms with Gasteiger partial charge in [0.25, 0.3) is 0 Å². The van der Waals surface area contributed by atoms with Crippen molar-refractivity contribution in [3.8, 4) is 0 Å². The minimum Gasteiger partial charge on any atom is -0.339 e. The number of alkyl halides is 1. The number of amides is 1. The molecule has 0 saturated heterocycles. The highest BCUT2D eigenvalue weighted by atomic mass is 79.9. The van der Waals surface area contributed by atoms with Crippen molar-refractivity contribution >= 4 is 21.8 Å². The zero-order chi connectivity index (χ0) is 12.9. The molecule has 0 aromatic carbocycles. The van der Waals surface area contributed by atoms with Crippen molar-refractivity contribution in [2.24, 2.45) is 5.41 Å². The standard InChI is InChI=1S/C14H24BrNO/c1-14(2,3)12-7-10-16(11-8-12)13(17)6-4-5-9-15/h7H,4-6,8-11H2,1-3H3. The van der Waals surface area contributed by atoms with Crippen LogP contribution in [0.25, 0.3) is 0 Å². The van der Waals surface area contributed by atoms with Gasteiger partial charge < -0.3 is 4.90 Å². The van der Waals surface area contributed by atoms with E-state index in [-0.39, 0.29) is 5.41 Å². The van der Waals surface area contributed by atoms with E-state index in [4.69, 9.17) is 0 Å². The van der Waals surface area contributed by atoms with Gasteiger partial charge in [0.15, 0.2) is 0 Å². The molecular formula is C14H24BrNO. The summed E-state index contributed by atoms with van der Waals surface area (Å²) in [5.74, 6) is 0.315. The molecule has 3 heteroatoms. The van der Waals surface area contributed by atoms with Crippen LogP contribution in [0.3, 0.4) is 0 Å². The van der Waals surface area contributed by atoms with Crippen LogP contribution in [0, 0.1) is 5.41 Å². The van der Waals surface area contributed by atoms with Crippen LogP contribution in [0.15, 0.2) is 11.6 Å². The van der Waals surface area contributed by atoms with Crippen molar-refractivity contribution in [2.45, 2.75) is 46.5 Å². The molecule has 0 aliphatic carbocycles. The SMILES string of the molecule is CC(C)(C)C1=CCN(C(=O)CCCCBr)CC1. The van der Waals surface area contributed by atoms with Gasteiger partial charge in [0.05, 0.1) is 0 Å². The van der Waals surface area contributed by atoms with Crippen molar-refractivity contribution < 1.29 is 4.79 Å². The Labute approximate surface area is 114 Å². The Morgan fingerprint density at radius 1 is 1.41 bits per heavy atom. The highest BCUT2D eigenvalue weighted by Gasteiger charge is 2.23. The molecule has 0 N–H and O–H groups in total. The Morgan fingerprint density at radius 2 is 2.12 bits per heavy atom. The molecule has 0 saturated carbocycles. The number of carbonyl (C=O) groups excluding carboxylic acids is 1. The van der Waals surface area contributed by atoms with Crippen molar-refractivity contribution in [3.63, 3.8) is 0 Å². The average molecular weight is 302 g/mol. The lowest BCUT2D eigenvalue weighted by atomic mass is 9.83. The summed E-state index contributed by atoms with van der Waals surface area (Å²) in [6.45, 7) is 8.43. The van der Waals surface area contributed by atoms with Crippen LogP contribution in [0.4, 0.5) is 0 Å². The van der Waals surface area contributed by atoms with Crippen molar-refractivity contribution in [2.75, 3.05) is 18.4 Å². The zero-order valence-corrected chi connectivity index (χ0v) is 12.8. The zero-order valence-electron chi connectivity index (χ0n) is 11.3. The molecule has 1 rings (SSSR count). The molecule has 0 bridgehead atoms. The van der Waals surface area contributed by atoms with Gasteiger partial charge in [-0.3, -0.25) is 4.79 Å². The van der Waals surface area contributed by atoms with E-state index in [2.05, 4.69) is 42.8 Å². The summed E-state index contributed by atoms with van der Waals surface area (Å²) in [5, 5.41) is 0.994. The van der Waals surface area contributed by atoms with E-state index in [1.165, 1.54) is 5.57 Å². The largest absolute Gasteiger partial charge is 0.339 e. The Bertz CT molecular complexity index is 291. The van der Waals surface area contributed by atoms with Gasteiger partial charge in [-0.1, -0.05) is 48.4 Å². The molecule has 1 aliphatic heterocycles. The number of hydrogen-bond donors (Lipinski definition) is 0. The maximum absolute atomic E-state index is 11.9. The molecule has 0 aromatic heterocycles. The molecule has 0 spiro atoms. The van der Waals surface area contributed by atoms with E-state index in [9.17, 15) is 4.79 Å². The Balaban J connectivity index is 2.41. The monoisotopic (exact) mass is 301 g/mol. The van der Waals surface area contributed by atoms with Gasteiger partial charge in [0.1, 0.15) is 0 Å². The van der Waals surface area contributed by atoms with Crippen LogP contribution in [-0.2, 0) is 4.79 Å². The summed E-state index contributed by atoms with van der Waals surface area (Å²) in [4.78, 5) is 13.9. The van der Waals surface area contributed by atoms with E-state index >= 15 is 0 Å². The normalized spacial score (nSPS) is 16.9. The van der Waals surface area contributed by atoms with Gasteiger partial charge in [-0.05, 0) is 24.7 Å². The van der Waals surface area contributed by atoms with Crippen LogP contribution in [0.5, 0.6) is 0 Å². The van der Waals surface area contributed by atoms with E-state index in [0.717, 1.165) is 37.7 Å². The Hall–Kier alpha value is -0.310. The lowest BCUT2D eigenvalue weighted by Gasteiger charge is -2.32. The van der Waals surface area contributed by atoms with Crippen LogP contribution in [-0.4, -0.2) is 29.2 Å². The number of carbonyl (C=O) groups is 1. The first-order valence-corrected chi connectivity index (χ1v) is 7.60. The summed E-state index contributed by atoms with van der Waals surface area (Å²) in [6, 6.07) is 0. The van der Waals surface area contributed by atoms with Crippen LogP contribution in [0.1, 0.15) is 46.5 Å². The van der Waals surface area contributed by atoms with Gasteiger partial charge in [-0.15, -0.1) is 0 Å². The van der Waals surface area contributed by atoms with E-state index in [1.54, 1.807) is 0 Å². The quantitative estimate of drug-likeness (QED) is 0.440. The maximum Gasteiger partial charge on any atom is 0.222 e. The second-order valence-corrected chi connectivity index (χ2v) is 6.51. The molecule has 0 aromatic rings. The van der Waals surface area contributed by atoms with Crippen LogP contribution < -0.4 is 0 Å². The highest BCUT2D eigenvalue weighted by molar-refractivity contribution is 9.09. The summed E-state index contributed by atoms with van der Waals surface area (Å²) in [7, 11) is 0. The lowest BCUT2D eigenvalue weighted by molar-refractivity contribution is -0.131. The summed E-state index contributed by atoms with van der Waals surface area (Å²) in [5.41, 5.74) is 1.74. The number of hydrogen-bond acceptors (Lipinski definition) is 1. The third-order valence-electron chi connectivity index (χ3n) is 3.30. The van der Waals surface area contributed by atoms with E-state index in [0.29, 0.717) is 12.3 Å². The van der Waals surface area contributed by atoms with Crippen LogP contribution in [0.2, 0.25) is 0 Å². The summed E-state index contributed by atoms with van der Waals surface area (Å²) in [6.07, 6.45) is 6.06. The second kappa shape index (κ2) is 6.58. The van der Waals surface area contributed by atoms with Gasteiger partial charge in [-0.25, -0.2) is 0 Å². The van der Waals surface area contributed by atoms with Gasteiger partial charge in [-0.2, -0.15) is 0 Å².